The number of benzene rings is 6. The van der Waals surface area contributed by atoms with Gasteiger partial charge in [0.2, 0.25) is 5.91 Å². The summed E-state index contributed by atoms with van der Waals surface area (Å²) in [5, 5.41) is 3.43. The Morgan fingerprint density at radius 2 is 0.953 bits per heavy atom. The zero-order valence-corrected chi connectivity index (χ0v) is 38.5. The molecule has 0 aliphatic heterocycles. The molecule has 0 saturated carbocycles. The lowest BCUT2D eigenvalue weighted by Gasteiger charge is -2.30. The van der Waals surface area contributed by atoms with Gasteiger partial charge >= 0.3 is 11.9 Å². The highest BCUT2D eigenvalue weighted by atomic mass is 16.5. The van der Waals surface area contributed by atoms with Crippen LogP contribution in [-0.2, 0) is 36.9 Å². The van der Waals surface area contributed by atoms with Crippen molar-refractivity contribution >= 4 is 52.7 Å². The summed E-state index contributed by atoms with van der Waals surface area (Å²) in [6, 6.07) is 49.4. The minimum Gasteiger partial charge on any atom is -0.466 e. The summed E-state index contributed by atoms with van der Waals surface area (Å²) in [6.07, 6.45) is 6.22. The van der Waals surface area contributed by atoms with Crippen LogP contribution in [-0.4, -0.2) is 60.3 Å². The van der Waals surface area contributed by atoms with E-state index in [4.69, 9.17) is 0 Å². The van der Waals surface area contributed by atoms with Crippen molar-refractivity contribution in [1.82, 2.24) is 0 Å². The molecule has 0 saturated heterocycles. The zero-order valence-electron chi connectivity index (χ0n) is 38.5. The first-order valence-corrected chi connectivity index (χ1v) is 21.1. The number of ether oxygens (including phenoxy) is 2. The molecule has 6 aromatic rings. The number of nitrogens with zero attached hydrogens (tertiary/aromatic N) is 3. The van der Waals surface area contributed by atoms with Crippen LogP contribution in [0, 0.1) is 5.41 Å². The van der Waals surface area contributed by atoms with Gasteiger partial charge in [0.05, 0.1) is 20.8 Å². The van der Waals surface area contributed by atoms with Crippen molar-refractivity contribution in [2.24, 2.45) is 5.41 Å². The van der Waals surface area contributed by atoms with Gasteiger partial charge in [0.1, 0.15) is 0 Å². The Morgan fingerprint density at radius 1 is 0.531 bits per heavy atom. The fourth-order valence-corrected chi connectivity index (χ4v) is 6.61. The van der Waals surface area contributed by atoms with Gasteiger partial charge in [-0.1, -0.05) is 118 Å². The summed E-state index contributed by atoms with van der Waals surface area (Å²) in [4.78, 5) is 42.1. The molecule has 0 unspecified atom stereocenters. The molecule has 0 aliphatic carbocycles. The third kappa shape index (κ3) is 14.1. The topological polar surface area (TPSA) is 91.4 Å². The molecule has 6 aromatic carbocycles. The van der Waals surface area contributed by atoms with Gasteiger partial charge < -0.3 is 29.5 Å². The summed E-state index contributed by atoms with van der Waals surface area (Å²) in [7, 11) is 10.9. The molecular weight excluding hydrogens is 797 g/mol. The number of carbonyl (C=O) groups excluding carboxylic acids is 3. The third-order valence-corrected chi connectivity index (χ3v) is 10.4. The molecule has 0 fully saturated rings. The highest BCUT2D eigenvalue weighted by Crippen LogP contribution is 2.29. The maximum atomic E-state index is 13.4. The van der Waals surface area contributed by atoms with Crippen LogP contribution < -0.4 is 20.0 Å². The molecule has 0 atom stereocenters. The molecule has 6 rings (SSSR count). The fraction of sp³-hybridized carbons (Fsp3) is 0.218. The molecule has 1 amide bonds. The number of methoxy groups -OCH3 is 2. The molecule has 0 aliphatic rings. The van der Waals surface area contributed by atoms with E-state index in [1.54, 1.807) is 17.1 Å². The maximum Gasteiger partial charge on any atom is 0.330 e. The predicted molar refractivity (Wildman–Crippen MR) is 265 cm³/mol. The molecule has 64 heavy (non-hydrogen) atoms. The minimum atomic E-state index is -0.550. The van der Waals surface area contributed by atoms with Crippen LogP contribution in [0.3, 0.4) is 0 Å². The highest BCUT2D eigenvalue weighted by Gasteiger charge is 2.28. The Balaban J connectivity index is 0.000000245. The second kappa shape index (κ2) is 22.6. The standard InChI is InChI=1S/C30H34N2O3.C25H26N2O2/c1-30(2,3)29(34)32(27-9-7-8-22(20-27)12-19-28(33)35-6)21-23-10-13-24(14-11-23)25-15-17-26(18-16-25)31(4)5;1-27(2)24-14-12-22(13-15-24)21-10-7-20(8-11-21)18-26-23-6-4-5-19(17-23)9-16-25(28)29-3/h7-20H,21H2,1-6H3;4-17,26H,18H2,1-3H3/b19-12+;16-9+. The van der Waals surface area contributed by atoms with Gasteiger partial charge in [-0.2, -0.15) is 0 Å². The molecular formula is C55H60N4O5. The molecule has 9 nitrogen and oxygen atoms in total. The Bertz CT molecular complexity index is 2520. The summed E-state index contributed by atoms with van der Waals surface area (Å²) < 4.78 is 9.30. The number of amides is 1. The maximum absolute atomic E-state index is 13.4. The van der Waals surface area contributed by atoms with Crippen molar-refractivity contribution in [3.8, 4) is 22.3 Å². The normalized spacial score (nSPS) is 11.1. The Morgan fingerprint density at radius 3 is 1.39 bits per heavy atom. The van der Waals surface area contributed by atoms with Crippen LogP contribution in [0.1, 0.15) is 43.0 Å². The van der Waals surface area contributed by atoms with Crippen molar-refractivity contribution in [3.05, 3.63) is 180 Å². The van der Waals surface area contributed by atoms with Crippen LogP contribution in [0.2, 0.25) is 0 Å². The van der Waals surface area contributed by atoms with E-state index >= 15 is 0 Å². The van der Waals surface area contributed by atoms with Crippen LogP contribution in [0.5, 0.6) is 0 Å². The summed E-state index contributed by atoms with van der Waals surface area (Å²) >= 11 is 0. The Kier molecular flexibility index (Phi) is 16.8. The van der Waals surface area contributed by atoms with Crippen molar-refractivity contribution < 1.29 is 23.9 Å². The van der Waals surface area contributed by atoms with Crippen molar-refractivity contribution in [2.45, 2.75) is 33.9 Å². The van der Waals surface area contributed by atoms with Gasteiger partial charge in [-0.15, -0.1) is 0 Å². The minimum absolute atomic E-state index is 0.0231. The SMILES string of the molecule is COC(=O)/C=C/c1cccc(N(Cc2ccc(-c3ccc(N(C)C)cc3)cc2)C(=O)C(C)(C)C)c1.COC(=O)/C=C/c1cccc(NCc2ccc(-c3ccc(N(C)C)cc3)cc2)c1. The van der Waals surface area contributed by atoms with E-state index in [1.165, 1.54) is 48.7 Å². The second-order valence-electron chi connectivity index (χ2n) is 16.7. The zero-order chi connectivity index (χ0) is 46.2. The summed E-state index contributed by atoms with van der Waals surface area (Å²) in [5.41, 5.74) is 12.3. The molecule has 1 N–H and O–H groups in total. The molecule has 0 radical (unpaired) electrons. The van der Waals surface area contributed by atoms with Gasteiger partial charge in [0.25, 0.3) is 0 Å². The molecule has 330 valence electrons. The Hall–Kier alpha value is -7.39. The van der Waals surface area contributed by atoms with Crippen LogP contribution in [0.15, 0.2) is 158 Å². The molecule has 0 aromatic heterocycles. The number of hydrogen-bond donors (Lipinski definition) is 1. The first kappa shape index (κ1) is 47.7. The number of anilines is 4. The number of hydrogen-bond acceptors (Lipinski definition) is 8. The summed E-state index contributed by atoms with van der Waals surface area (Å²) in [5.74, 6) is -0.760. The van der Waals surface area contributed by atoms with Crippen molar-refractivity contribution in [1.29, 1.82) is 0 Å². The average Bonchev–Trinajstić information content (AvgIpc) is 3.31. The molecule has 0 heterocycles. The molecule has 9 heteroatoms. The van der Waals surface area contributed by atoms with Gasteiger partial charge in [0, 0.05) is 75.1 Å². The monoisotopic (exact) mass is 856 g/mol. The Labute approximate surface area is 379 Å². The van der Waals surface area contributed by atoms with E-state index in [1.807, 2.05) is 97.5 Å². The summed E-state index contributed by atoms with van der Waals surface area (Å²) in [6.45, 7) is 6.93. The van der Waals surface area contributed by atoms with E-state index in [2.05, 4.69) is 122 Å². The van der Waals surface area contributed by atoms with Gasteiger partial charge in [-0.05, 0) is 105 Å². The van der Waals surface area contributed by atoms with Crippen LogP contribution in [0.25, 0.3) is 34.4 Å². The van der Waals surface area contributed by atoms with E-state index in [0.717, 1.165) is 51.4 Å². The second-order valence-corrected chi connectivity index (χ2v) is 16.7. The van der Waals surface area contributed by atoms with Gasteiger partial charge in [-0.3, -0.25) is 4.79 Å². The number of esters is 2. The number of carbonyl (C=O) groups is 3. The number of nitrogens with one attached hydrogen (secondary N) is 1. The lowest BCUT2D eigenvalue weighted by atomic mass is 9.93. The van der Waals surface area contributed by atoms with Gasteiger partial charge in [0.15, 0.2) is 0 Å². The predicted octanol–water partition coefficient (Wildman–Crippen LogP) is 11.4. The molecule has 0 spiro atoms. The first-order chi connectivity index (χ1) is 30.6. The van der Waals surface area contributed by atoms with E-state index in [9.17, 15) is 14.4 Å². The van der Waals surface area contributed by atoms with Gasteiger partial charge in [-0.25, -0.2) is 9.59 Å². The number of rotatable bonds is 14. The lowest BCUT2D eigenvalue weighted by molar-refractivity contribution is -0.135. The first-order valence-electron chi connectivity index (χ1n) is 21.1. The fourth-order valence-electron chi connectivity index (χ4n) is 6.61. The lowest BCUT2D eigenvalue weighted by Crippen LogP contribution is -2.39. The molecule has 0 bridgehead atoms. The van der Waals surface area contributed by atoms with Crippen LogP contribution in [0.4, 0.5) is 22.7 Å². The average molecular weight is 857 g/mol. The van der Waals surface area contributed by atoms with Crippen LogP contribution >= 0.6 is 0 Å². The van der Waals surface area contributed by atoms with E-state index in [0.29, 0.717) is 6.54 Å². The van der Waals surface area contributed by atoms with Crippen molar-refractivity contribution in [2.75, 3.05) is 62.4 Å². The largest absolute Gasteiger partial charge is 0.466 e. The highest BCUT2D eigenvalue weighted by molar-refractivity contribution is 5.97. The van der Waals surface area contributed by atoms with E-state index in [-0.39, 0.29) is 11.9 Å². The third-order valence-electron chi connectivity index (χ3n) is 10.4. The van der Waals surface area contributed by atoms with E-state index < -0.39 is 11.4 Å². The van der Waals surface area contributed by atoms with Crippen molar-refractivity contribution in [3.63, 3.8) is 0 Å². The quantitative estimate of drug-likeness (QED) is 0.0855. The smallest absolute Gasteiger partial charge is 0.330 e.